The summed E-state index contributed by atoms with van der Waals surface area (Å²) < 4.78 is 5.24. The molecular formula is C64H38S2. The van der Waals surface area contributed by atoms with Crippen LogP contribution in [0.2, 0.25) is 0 Å². The summed E-state index contributed by atoms with van der Waals surface area (Å²) in [6, 6.07) is 85.9. The van der Waals surface area contributed by atoms with Crippen molar-refractivity contribution in [1.82, 2.24) is 0 Å². The number of rotatable bonds is 5. The maximum atomic E-state index is 2.45. The van der Waals surface area contributed by atoms with Gasteiger partial charge in [0, 0.05) is 40.3 Å². The van der Waals surface area contributed by atoms with Gasteiger partial charge in [-0.2, -0.15) is 0 Å². The zero-order chi connectivity index (χ0) is 43.3. The minimum absolute atomic E-state index is 1.24. The normalized spacial score (nSPS) is 11.9. The fourth-order valence-electron chi connectivity index (χ4n) is 10.9. The Hall–Kier alpha value is -7.88. The molecule has 0 nitrogen and oxygen atoms in total. The van der Waals surface area contributed by atoms with Crippen molar-refractivity contribution in [2.45, 2.75) is 0 Å². The molecule has 0 bridgehead atoms. The molecule has 2 heteroatoms. The SMILES string of the molecule is c1ccc(-c2ccc3sc4ccc(-c5c6ccccc6c(-c6ccc7sc8cc(-c9c%10ccccc%10c(-c%10ccccc%10)c%10ccccc9%10)ccc8c7c6)c6ccccc56)cc4c3c2)cc1. The molecule has 306 valence electrons. The highest BCUT2D eigenvalue weighted by molar-refractivity contribution is 7.26. The number of thiophene rings is 2. The molecule has 0 aliphatic rings. The Labute approximate surface area is 389 Å². The highest BCUT2D eigenvalue weighted by atomic mass is 32.1. The van der Waals surface area contributed by atoms with E-state index in [1.54, 1.807) is 0 Å². The molecular weight excluding hydrogens is 833 g/mol. The minimum Gasteiger partial charge on any atom is -0.135 e. The summed E-state index contributed by atoms with van der Waals surface area (Å²) in [5.74, 6) is 0. The lowest BCUT2D eigenvalue weighted by molar-refractivity contribution is 1.66. The van der Waals surface area contributed by atoms with Gasteiger partial charge in [-0.1, -0.05) is 188 Å². The van der Waals surface area contributed by atoms with E-state index in [1.807, 2.05) is 22.7 Å². The van der Waals surface area contributed by atoms with Gasteiger partial charge in [-0.3, -0.25) is 0 Å². The highest BCUT2D eigenvalue weighted by Gasteiger charge is 2.21. The van der Waals surface area contributed by atoms with E-state index in [0.29, 0.717) is 0 Å². The summed E-state index contributed by atoms with van der Waals surface area (Å²) in [5.41, 5.74) is 12.6. The molecule has 2 heterocycles. The maximum absolute atomic E-state index is 2.45. The summed E-state index contributed by atoms with van der Waals surface area (Å²) in [4.78, 5) is 0. The van der Waals surface area contributed by atoms with E-state index in [4.69, 9.17) is 0 Å². The quantitative estimate of drug-likeness (QED) is 0.151. The van der Waals surface area contributed by atoms with Crippen molar-refractivity contribution in [3.05, 3.63) is 231 Å². The van der Waals surface area contributed by atoms with Gasteiger partial charge < -0.3 is 0 Å². The van der Waals surface area contributed by atoms with E-state index >= 15 is 0 Å². The summed E-state index contributed by atoms with van der Waals surface area (Å²) in [7, 11) is 0. The Morgan fingerprint density at radius 2 is 0.470 bits per heavy atom. The molecule has 0 saturated heterocycles. The molecule has 0 spiro atoms. The standard InChI is InChI=1S/C64H38S2/c1-3-15-39(16-4-1)41-28-32-58-55(35-41)56-37-43(30-34-59(56)65-58)63-52-25-13-11-23-50(52)62(51-24-12-14-26-53(51)63)42-29-33-57-54(36-42)45-31-27-44(38-60(45)66-57)64-48-21-9-7-19-46(48)61(40-17-5-2-6-18-40)47-20-8-10-22-49(47)64/h1-38H. The van der Waals surface area contributed by atoms with Gasteiger partial charge in [0.2, 0.25) is 0 Å². The summed E-state index contributed by atoms with van der Waals surface area (Å²) >= 11 is 3.77. The third kappa shape index (κ3) is 5.76. The Balaban J connectivity index is 0.932. The molecule has 0 amide bonds. The molecule has 14 rings (SSSR count). The van der Waals surface area contributed by atoms with Crippen molar-refractivity contribution in [1.29, 1.82) is 0 Å². The average Bonchev–Trinajstić information content (AvgIpc) is 3.94. The molecule has 0 saturated carbocycles. The molecule has 66 heavy (non-hydrogen) atoms. The number of hydrogen-bond acceptors (Lipinski definition) is 2. The summed E-state index contributed by atoms with van der Waals surface area (Å²) in [6.45, 7) is 0. The van der Waals surface area contributed by atoms with Gasteiger partial charge in [-0.05, 0) is 141 Å². The predicted octanol–water partition coefficient (Wildman–Crippen LogP) is 19.4. The first kappa shape index (κ1) is 37.5. The Bertz CT molecular complexity index is 4150. The lowest BCUT2D eigenvalue weighted by Gasteiger charge is -2.18. The molecule has 14 aromatic rings. The number of hydrogen-bond donors (Lipinski definition) is 0. The fraction of sp³-hybridized carbons (Fsp3) is 0. The maximum Gasteiger partial charge on any atom is 0.0361 e. The van der Waals surface area contributed by atoms with E-state index in [-0.39, 0.29) is 0 Å². The van der Waals surface area contributed by atoms with Crippen LogP contribution in [0.1, 0.15) is 0 Å². The van der Waals surface area contributed by atoms with E-state index in [2.05, 4.69) is 231 Å². The van der Waals surface area contributed by atoms with Crippen LogP contribution in [0.5, 0.6) is 0 Å². The van der Waals surface area contributed by atoms with Crippen molar-refractivity contribution < 1.29 is 0 Å². The van der Waals surface area contributed by atoms with Crippen molar-refractivity contribution in [2.75, 3.05) is 0 Å². The minimum atomic E-state index is 1.24. The van der Waals surface area contributed by atoms with Crippen LogP contribution in [0.15, 0.2) is 231 Å². The third-order valence-corrected chi connectivity index (χ3v) is 16.1. The molecule has 0 atom stereocenters. The van der Waals surface area contributed by atoms with Gasteiger partial charge in [0.1, 0.15) is 0 Å². The fourth-order valence-corrected chi connectivity index (χ4v) is 13.1. The molecule has 0 N–H and O–H groups in total. The topological polar surface area (TPSA) is 0 Å². The van der Waals surface area contributed by atoms with Gasteiger partial charge in [0.25, 0.3) is 0 Å². The van der Waals surface area contributed by atoms with Gasteiger partial charge >= 0.3 is 0 Å². The van der Waals surface area contributed by atoms with E-state index in [0.717, 1.165) is 0 Å². The van der Waals surface area contributed by atoms with Crippen LogP contribution >= 0.6 is 22.7 Å². The molecule has 0 unspecified atom stereocenters. The van der Waals surface area contributed by atoms with Crippen LogP contribution in [0.3, 0.4) is 0 Å². The van der Waals surface area contributed by atoms with E-state index in [9.17, 15) is 0 Å². The van der Waals surface area contributed by atoms with Gasteiger partial charge in [0.15, 0.2) is 0 Å². The van der Waals surface area contributed by atoms with Gasteiger partial charge in [-0.25, -0.2) is 0 Å². The van der Waals surface area contributed by atoms with Crippen LogP contribution in [-0.4, -0.2) is 0 Å². The number of fused-ring (bicyclic) bond motifs is 10. The molecule has 12 aromatic carbocycles. The van der Waals surface area contributed by atoms with Crippen LogP contribution in [0.4, 0.5) is 0 Å². The van der Waals surface area contributed by atoms with Crippen LogP contribution in [-0.2, 0) is 0 Å². The largest absolute Gasteiger partial charge is 0.135 e. The molecule has 0 aliphatic heterocycles. The first-order valence-corrected chi connectivity index (χ1v) is 24.3. The van der Waals surface area contributed by atoms with Crippen LogP contribution in [0.25, 0.3) is 139 Å². The van der Waals surface area contributed by atoms with Crippen LogP contribution < -0.4 is 0 Å². The first-order chi connectivity index (χ1) is 32.7. The van der Waals surface area contributed by atoms with E-state index < -0.39 is 0 Å². The molecule has 0 radical (unpaired) electrons. The second kappa shape index (κ2) is 14.8. The smallest absolute Gasteiger partial charge is 0.0361 e. The van der Waals surface area contributed by atoms with Crippen molar-refractivity contribution in [2.24, 2.45) is 0 Å². The second-order valence-corrected chi connectivity index (χ2v) is 19.6. The summed E-state index contributed by atoms with van der Waals surface area (Å²) in [5, 5.41) is 15.4. The molecule has 2 aromatic heterocycles. The second-order valence-electron chi connectivity index (χ2n) is 17.5. The van der Waals surface area contributed by atoms with Crippen LogP contribution in [0, 0.1) is 0 Å². The monoisotopic (exact) mass is 870 g/mol. The van der Waals surface area contributed by atoms with Gasteiger partial charge in [0.05, 0.1) is 0 Å². The molecule has 0 aliphatic carbocycles. The number of benzene rings is 12. The first-order valence-electron chi connectivity index (χ1n) is 22.6. The van der Waals surface area contributed by atoms with Gasteiger partial charge in [-0.15, -0.1) is 22.7 Å². The lowest BCUT2D eigenvalue weighted by Crippen LogP contribution is -1.91. The lowest BCUT2D eigenvalue weighted by atomic mass is 9.85. The predicted molar refractivity (Wildman–Crippen MR) is 289 cm³/mol. The molecule has 0 fully saturated rings. The summed E-state index contributed by atoms with van der Waals surface area (Å²) in [6.07, 6.45) is 0. The van der Waals surface area contributed by atoms with E-state index in [1.165, 1.54) is 139 Å². The van der Waals surface area contributed by atoms with Crippen molar-refractivity contribution in [3.63, 3.8) is 0 Å². The van der Waals surface area contributed by atoms with Crippen molar-refractivity contribution in [3.8, 4) is 55.6 Å². The Morgan fingerprint density at radius 3 is 0.909 bits per heavy atom. The Morgan fingerprint density at radius 1 is 0.167 bits per heavy atom. The zero-order valence-corrected chi connectivity index (χ0v) is 37.4. The zero-order valence-electron chi connectivity index (χ0n) is 35.8. The van der Waals surface area contributed by atoms with Crippen molar-refractivity contribution >= 4 is 106 Å². The average molecular weight is 871 g/mol. The third-order valence-electron chi connectivity index (χ3n) is 13.8. The highest BCUT2D eigenvalue weighted by Crippen LogP contribution is 2.49. The Kier molecular flexibility index (Phi) is 8.43.